The van der Waals surface area contributed by atoms with Crippen molar-refractivity contribution in [3.8, 4) is 0 Å². The first kappa shape index (κ1) is 15.4. The molecule has 1 aromatic heterocycles. The van der Waals surface area contributed by atoms with Gasteiger partial charge in [0.05, 0.1) is 12.6 Å². The highest BCUT2D eigenvalue weighted by Gasteiger charge is 2.20. The van der Waals surface area contributed by atoms with Crippen LogP contribution in [-0.4, -0.2) is 23.3 Å². The van der Waals surface area contributed by atoms with Gasteiger partial charge in [-0.15, -0.1) is 5.10 Å². The van der Waals surface area contributed by atoms with Crippen molar-refractivity contribution in [2.75, 3.05) is 11.9 Å². The lowest BCUT2D eigenvalue weighted by Crippen LogP contribution is -2.23. The summed E-state index contributed by atoms with van der Waals surface area (Å²) in [6.07, 6.45) is 0. The van der Waals surface area contributed by atoms with E-state index in [1.54, 1.807) is 17.0 Å². The molecule has 21 heavy (non-hydrogen) atoms. The van der Waals surface area contributed by atoms with E-state index >= 15 is 0 Å². The van der Waals surface area contributed by atoms with Crippen LogP contribution in [0.15, 0.2) is 28.7 Å². The molecule has 114 valence electrons. The van der Waals surface area contributed by atoms with E-state index in [-0.39, 0.29) is 11.9 Å². The van der Waals surface area contributed by atoms with Crippen LogP contribution in [0.4, 0.5) is 10.4 Å². The molecule has 0 spiro atoms. The van der Waals surface area contributed by atoms with Crippen LogP contribution < -0.4 is 10.2 Å². The van der Waals surface area contributed by atoms with E-state index in [9.17, 15) is 4.39 Å². The van der Waals surface area contributed by atoms with Crippen molar-refractivity contribution in [1.82, 2.24) is 15.5 Å². The summed E-state index contributed by atoms with van der Waals surface area (Å²) in [6, 6.07) is 7.22. The number of rotatable bonds is 6. The Morgan fingerprint density at radius 3 is 2.62 bits per heavy atom. The maximum absolute atomic E-state index is 13.8. The fourth-order valence-electron chi connectivity index (χ4n) is 1.94. The van der Waals surface area contributed by atoms with Crippen molar-refractivity contribution in [3.05, 3.63) is 41.5 Å². The second kappa shape index (κ2) is 6.67. The number of hydrogen-bond donors (Lipinski definition) is 1. The second-order valence-corrected chi connectivity index (χ2v) is 5.32. The largest absolute Gasteiger partial charge is 0.407 e. The van der Waals surface area contributed by atoms with Crippen molar-refractivity contribution in [2.45, 2.75) is 39.4 Å². The fraction of sp³-hybridized carbons (Fsp3) is 0.467. The van der Waals surface area contributed by atoms with Crippen molar-refractivity contribution >= 4 is 6.01 Å². The molecular formula is C15H21FN4O. The average molecular weight is 292 g/mol. The minimum Gasteiger partial charge on any atom is -0.407 e. The molecule has 1 heterocycles. The van der Waals surface area contributed by atoms with Gasteiger partial charge in [-0.2, -0.15) is 0 Å². The first-order valence-electron chi connectivity index (χ1n) is 7.02. The zero-order chi connectivity index (χ0) is 15.4. The quantitative estimate of drug-likeness (QED) is 0.887. The van der Waals surface area contributed by atoms with Crippen LogP contribution in [0.25, 0.3) is 0 Å². The molecule has 2 aromatic rings. The van der Waals surface area contributed by atoms with Gasteiger partial charge < -0.3 is 14.6 Å². The second-order valence-electron chi connectivity index (χ2n) is 5.32. The van der Waals surface area contributed by atoms with Crippen molar-refractivity contribution in [1.29, 1.82) is 0 Å². The summed E-state index contributed by atoms with van der Waals surface area (Å²) in [7, 11) is 1.81. The van der Waals surface area contributed by atoms with Gasteiger partial charge in [-0.25, -0.2) is 4.39 Å². The van der Waals surface area contributed by atoms with E-state index in [1.165, 1.54) is 6.07 Å². The average Bonchev–Trinajstić information content (AvgIpc) is 2.93. The molecule has 2 rings (SSSR count). The highest BCUT2D eigenvalue weighted by Crippen LogP contribution is 2.25. The molecule has 1 N–H and O–H groups in total. The SMILES string of the molecule is CC(C)NCc1nnc(N(C)C(C)c2ccccc2F)o1. The molecule has 1 aromatic carbocycles. The Morgan fingerprint density at radius 1 is 1.24 bits per heavy atom. The molecule has 6 heteroatoms. The van der Waals surface area contributed by atoms with Gasteiger partial charge in [-0.3, -0.25) is 0 Å². The molecule has 0 saturated heterocycles. The molecule has 0 saturated carbocycles. The van der Waals surface area contributed by atoms with Gasteiger partial charge in [0.2, 0.25) is 5.89 Å². The number of anilines is 1. The van der Waals surface area contributed by atoms with E-state index in [4.69, 9.17) is 4.42 Å². The van der Waals surface area contributed by atoms with E-state index in [1.807, 2.05) is 33.9 Å². The molecule has 0 amide bonds. The number of nitrogens with one attached hydrogen (secondary N) is 1. The Hall–Kier alpha value is -1.95. The van der Waals surface area contributed by atoms with E-state index in [0.717, 1.165) is 0 Å². The zero-order valence-corrected chi connectivity index (χ0v) is 12.8. The predicted molar refractivity (Wildman–Crippen MR) is 79.5 cm³/mol. The van der Waals surface area contributed by atoms with Crippen LogP contribution in [0.2, 0.25) is 0 Å². The monoisotopic (exact) mass is 292 g/mol. The number of hydrogen-bond acceptors (Lipinski definition) is 5. The third kappa shape index (κ3) is 3.78. The standard InChI is InChI=1S/C15H21FN4O/c1-10(2)17-9-14-18-19-15(21-14)20(4)11(3)12-7-5-6-8-13(12)16/h5-8,10-11,17H,9H2,1-4H3. The summed E-state index contributed by atoms with van der Waals surface area (Å²) in [5.74, 6) is 0.282. The van der Waals surface area contributed by atoms with Gasteiger partial charge in [0, 0.05) is 18.7 Å². The highest BCUT2D eigenvalue weighted by molar-refractivity contribution is 5.32. The molecule has 0 aliphatic carbocycles. The molecule has 0 fully saturated rings. The fourth-order valence-corrected chi connectivity index (χ4v) is 1.94. The Labute approximate surface area is 124 Å². The first-order chi connectivity index (χ1) is 9.99. The predicted octanol–water partition coefficient (Wildman–Crippen LogP) is 2.90. The minimum absolute atomic E-state index is 0.197. The molecule has 0 radical (unpaired) electrons. The zero-order valence-electron chi connectivity index (χ0n) is 12.8. The van der Waals surface area contributed by atoms with Crippen molar-refractivity contribution in [2.24, 2.45) is 0 Å². The maximum atomic E-state index is 13.8. The lowest BCUT2D eigenvalue weighted by atomic mass is 10.1. The van der Waals surface area contributed by atoms with Crippen LogP contribution in [-0.2, 0) is 6.54 Å². The van der Waals surface area contributed by atoms with Gasteiger partial charge in [-0.1, -0.05) is 37.1 Å². The lowest BCUT2D eigenvalue weighted by Gasteiger charge is -2.23. The van der Waals surface area contributed by atoms with Crippen LogP contribution in [0.3, 0.4) is 0 Å². The molecule has 1 unspecified atom stereocenters. The Kier molecular flexibility index (Phi) is 4.90. The third-order valence-electron chi connectivity index (χ3n) is 3.36. The van der Waals surface area contributed by atoms with Crippen LogP contribution >= 0.6 is 0 Å². The van der Waals surface area contributed by atoms with Crippen LogP contribution in [0, 0.1) is 5.82 Å². The van der Waals surface area contributed by atoms with Crippen LogP contribution in [0.1, 0.15) is 38.3 Å². The van der Waals surface area contributed by atoms with Gasteiger partial charge in [-0.05, 0) is 13.0 Å². The van der Waals surface area contributed by atoms with Gasteiger partial charge in [0.15, 0.2) is 0 Å². The minimum atomic E-state index is -0.238. The summed E-state index contributed by atoms with van der Waals surface area (Å²) in [4.78, 5) is 1.77. The Bertz CT molecular complexity index is 585. The van der Waals surface area contributed by atoms with Crippen molar-refractivity contribution < 1.29 is 8.81 Å². The maximum Gasteiger partial charge on any atom is 0.318 e. The van der Waals surface area contributed by atoms with E-state index < -0.39 is 0 Å². The van der Waals surface area contributed by atoms with Gasteiger partial charge in [0.1, 0.15) is 5.82 Å². The van der Waals surface area contributed by atoms with Gasteiger partial charge >= 0.3 is 6.01 Å². The van der Waals surface area contributed by atoms with E-state index in [2.05, 4.69) is 15.5 Å². The number of aromatic nitrogens is 2. The summed E-state index contributed by atoms with van der Waals surface area (Å²) in [5.41, 5.74) is 0.597. The molecule has 5 nitrogen and oxygen atoms in total. The smallest absolute Gasteiger partial charge is 0.318 e. The highest BCUT2D eigenvalue weighted by atomic mass is 19.1. The number of benzene rings is 1. The molecule has 1 atom stereocenters. The van der Waals surface area contributed by atoms with E-state index in [0.29, 0.717) is 30.1 Å². The Morgan fingerprint density at radius 2 is 1.95 bits per heavy atom. The van der Waals surface area contributed by atoms with Crippen LogP contribution in [0.5, 0.6) is 0 Å². The first-order valence-corrected chi connectivity index (χ1v) is 7.02. The molecular weight excluding hydrogens is 271 g/mol. The topological polar surface area (TPSA) is 54.2 Å². The Balaban J connectivity index is 2.09. The summed E-state index contributed by atoms with van der Waals surface area (Å²) < 4.78 is 19.4. The summed E-state index contributed by atoms with van der Waals surface area (Å²) >= 11 is 0. The number of halogens is 1. The molecule has 0 aliphatic rings. The molecule has 0 bridgehead atoms. The number of nitrogens with zero attached hydrogens (tertiary/aromatic N) is 3. The van der Waals surface area contributed by atoms with Crippen molar-refractivity contribution in [3.63, 3.8) is 0 Å². The summed E-state index contributed by atoms with van der Waals surface area (Å²) in [6.45, 7) is 6.51. The lowest BCUT2D eigenvalue weighted by molar-refractivity contribution is 0.442. The summed E-state index contributed by atoms with van der Waals surface area (Å²) in [5, 5.41) is 11.2. The third-order valence-corrected chi connectivity index (χ3v) is 3.36. The molecule has 0 aliphatic heterocycles. The normalized spacial score (nSPS) is 12.7. The van der Waals surface area contributed by atoms with Gasteiger partial charge in [0.25, 0.3) is 0 Å².